The van der Waals surface area contributed by atoms with Gasteiger partial charge < -0.3 is 14.4 Å². The van der Waals surface area contributed by atoms with Crippen LogP contribution in [0.5, 0.6) is 11.5 Å². The highest BCUT2D eigenvalue weighted by Crippen LogP contribution is 2.26. The first kappa shape index (κ1) is 14.4. The van der Waals surface area contributed by atoms with Crippen molar-refractivity contribution in [1.82, 2.24) is 19.9 Å². The van der Waals surface area contributed by atoms with E-state index in [2.05, 4.69) is 10.2 Å². The van der Waals surface area contributed by atoms with Gasteiger partial charge in [-0.05, 0) is 18.6 Å². The summed E-state index contributed by atoms with van der Waals surface area (Å²) in [5.74, 6) is 1.17. The molecule has 1 aromatic carbocycles. The van der Waals surface area contributed by atoms with E-state index in [9.17, 15) is 4.79 Å². The van der Waals surface area contributed by atoms with Crippen molar-refractivity contribution in [2.24, 2.45) is 0 Å². The van der Waals surface area contributed by atoms with Crippen LogP contribution >= 0.6 is 0 Å². The monoisotopic (exact) mass is 302 g/mol. The van der Waals surface area contributed by atoms with Gasteiger partial charge in [0.2, 0.25) is 0 Å². The fraction of sp³-hybridized carbons (Fsp3) is 0.400. The molecule has 0 aliphatic carbocycles. The number of methoxy groups -OCH3 is 2. The molecule has 116 valence electrons. The maximum Gasteiger partial charge on any atom is 0.254 e. The Bertz CT molecular complexity index is 635. The highest BCUT2D eigenvalue weighted by molar-refractivity contribution is 5.95. The van der Waals surface area contributed by atoms with Crippen LogP contribution < -0.4 is 9.47 Å². The quantitative estimate of drug-likeness (QED) is 0.853. The molecule has 7 heteroatoms. The molecule has 1 aliphatic heterocycles. The second kappa shape index (κ2) is 6.05. The highest BCUT2D eigenvalue weighted by Gasteiger charge is 2.29. The molecule has 1 saturated heterocycles. The van der Waals surface area contributed by atoms with Crippen LogP contribution in [0.3, 0.4) is 0 Å². The molecule has 0 bridgehead atoms. The van der Waals surface area contributed by atoms with Gasteiger partial charge in [-0.1, -0.05) is 0 Å². The fourth-order valence-corrected chi connectivity index (χ4v) is 2.64. The van der Waals surface area contributed by atoms with E-state index in [0.29, 0.717) is 30.2 Å². The molecule has 1 amide bonds. The number of hydrogen-bond donors (Lipinski definition) is 0. The molecule has 2 heterocycles. The number of ether oxygens (including phenoxy) is 2. The number of rotatable bonds is 4. The van der Waals surface area contributed by atoms with Gasteiger partial charge in [-0.3, -0.25) is 4.79 Å². The van der Waals surface area contributed by atoms with Gasteiger partial charge >= 0.3 is 0 Å². The molecule has 1 atom stereocenters. The summed E-state index contributed by atoms with van der Waals surface area (Å²) in [5, 5.41) is 8.29. The van der Waals surface area contributed by atoms with Gasteiger partial charge in [0.25, 0.3) is 5.91 Å². The van der Waals surface area contributed by atoms with Crippen molar-refractivity contribution in [2.75, 3.05) is 27.3 Å². The predicted molar refractivity (Wildman–Crippen MR) is 79.1 cm³/mol. The number of aromatic nitrogens is 3. The molecule has 7 nitrogen and oxygen atoms in total. The Morgan fingerprint density at radius 1 is 1.14 bits per heavy atom. The second-order valence-electron chi connectivity index (χ2n) is 5.14. The first-order valence-electron chi connectivity index (χ1n) is 7.09. The number of hydrogen-bond acceptors (Lipinski definition) is 5. The lowest BCUT2D eigenvalue weighted by Gasteiger charge is -2.17. The third-order valence-corrected chi connectivity index (χ3v) is 3.81. The lowest BCUT2D eigenvalue weighted by Crippen LogP contribution is -2.29. The summed E-state index contributed by atoms with van der Waals surface area (Å²) in [5.41, 5.74) is 0.560. The Kier molecular flexibility index (Phi) is 3.95. The third kappa shape index (κ3) is 2.74. The van der Waals surface area contributed by atoms with Crippen LogP contribution in [0.1, 0.15) is 22.8 Å². The summed E-state index contributed by atoms with van der Waals surface area (Å²) in [4.78, 5) is 16.1. The molecule has 0 saturated carbocycles. The number of amides is 1. The summed E-state index contributed by atoms with van der Waals surface area (Å²) in [6.45, 7) is 1.29. The van der Waals surface area contributed by atoms with Crippen molar-refractivity contribution in [2.45, 2.75) is 12.5 Å². The number of carbonyl (C=O) groups excluding carboxylic acids is 1. The van der Waals surface area contributed by atoms with Gasteiger partial charge in [0, 0.05) is 24.7 Å². The minimum atomic E-state index is -0.0353. The van der Waals surface area contributed by atoms with E-state index < -0.39 is 0 Å². The van der Waals surface area contributed by atoms with Crippen molar-refractivity contribution in [1.29, 1.82) is 0 Å². The van der Waals surface area contributed by atoms with Gasteiger partial charge in [-0.15, -0.1) is 0 Å². The minimum absolute atomic E-state index is 0.0353. The molecule has 3 rings (SSSR count). The van der Waals surface area contributed by atoms with E-state index in [4.69, 9.17) is 9.47 Å². The summed E-state index contributed by atoms with van der Waals surface area (Å²) in [6, 6.07) is 5.33. The molecular weight excluding hydrogens is 284 g/mol. The van der Waals surface area contributed by atoms with Crippen molar-refractivity contribution in [3.8, 4) is 11.5 Å². The maximum atomic E-state index is 12.7. The number of benzene rings is 1. The predicted octanol–water partition coefficient (Wildman–Crippen LogP) is 1.38. The van der Waals surface area contributed by atoms with Crippen molar-refractivity contribution in [3.05, 3.63) is 36.2 Å². The SMILES string of the molecule is COc1cc(OC)cc(C(=O)N2CCC(n3nccn3)C2)c1. The van der Waals surface area contributed by atoms with Crippen LogP contribution in [0, 0.1) is 0 Å². The smallest absolute Gasteiger partial charge is 0.254 e. The number of carbonyl (C=O) groups is 1. The zero-order valence-corrected chi connectivity index (χ0v) is 12.6. The average Bonchev–Trinajstić information content (AvgIpc) is 3.24. The normalized spacial score (nSPS) is 17.5. The summed E-state index contributed by atoms with van der Waals surface area (Å²) in [6.07, 6.45) is 4.15. The first-order valence-corrected chi connectivity index (χ1v) is 7.09. The zero-order chi connectivity index (χ0) is 15.5. The second-order valence-corrected chi connectivity index (χ2v) is 5.14. The summed E-state index contributed by atoms with van der Waals surface area (Å²) in [7, 11) is 3.14. The largest absolute Gasteiger partial charge is 0.497 e. The first-order chi connectivity index (χ1) is 10.7. The minimum Gasteiger partial charge on any atom is -0.497 e. The third-order valence-electron chi connectivity index (χ3n) is 3.81. The van der Waals surface area contributed by atoms with Gasteiger partial charge in [0.1, 0.15) is 11.5 Å². The van der Waals surface area contributed by atoms with E-state index >= 15 is 0 Å². The van der Waals surface area contributed by atoms with E-state index in [1.165, 1.54) is 0 Å². The van der Waals surface area contributed by atoms with Crippen LogP contribution in [0.2, 0.25) is 0 Å². The summed E-state index contributed by atoms with van der Waals surface area (Å²) < 4.78 is 10.4. The highest BCUT2D eigenvalue weighted by atomic mass is 16.5. The van der Waals surface area contributed by atoms with Crippen LogP contribution in [0.25, 0.3) is 0 Å². The van der Waals surface area contributed by atoms with Gasteiger partial charge in [0.05, 0.1) is 32.7 Å². The fourth-order valence-electron chi connectivity index (χ4n) is 2.64. The van der Waals surface area contributed by atoms with Crippen LogP contribution in [0.4, 0.5) is 0 Å². The Morgan fingerprint density at radius 2 is 1.77 bits per heavy atom. The summed E-state index contributed by atoms with van der Waals surface area (Å²) >= 11 is 0. The van der Waals surface area contributed by atoms with Crippen molar-refractivity contribution in [3.63, 3.8) is 0 Å². The molecule has 0 radical (unpaired) electrons. The van der Waals surface area contributed by atoms with E-state index in [1.807, 2.05) is 4.90 Å². The molecule has 1 unspecified atom stereocenters. The lowest BCUT2D eigenvalue weighted by molar-refractivity contribution is 0.0785. The molecule has 1 aromatic heterocycles. The Morgan fingerprint density at radius 3 is 2.36 bits per heavy atom. The zero-order valence-electron chi connectivity index (χ0n) is 12.6. The molecule has 0 spiro atoms. The van der Waals surface area contributed by atoms with Crippen molar-refractivity contribution >= 4 is 5.91 Å². The Hall–Kier alpha value is -2.57. The molecular formula is C15H18N4O3. The van der Waals surface area contributed by atoms with Crippen molar-refractivity contribution < 1.29 is 14.3 Å². The van der Waals surface area contributed by atoms with Gasteiger partial charge in [-0.25, -0.2) is 0 Å². The van der Waals surface area contributed by atoms with E-state index in [0.717, 1.165) is 6.42 Å². The van der Waals surface area contributed by atoms with Crippen LogP contribution in [-0.2, 0) is 0 Å². The van der Waals surface area contributed by atoms with Crippen LogP contribution in [-0.4, -0.2) is 53.1 Å². The number of likely N-dealkylation sites (tertiary alicyclic amines) is 1. The van der Waals surface area contributed by atoms with Gasteiger partial charge in [-0.2, -0.15) is 15.0 Å². The van der Waals surface area contributed by atoms with E-state index in [1.54, 1.807) is 49.6 Å². The van der Waals surface area contributed by atoms with Crippen LogP contribution in [0.15, 0.2) is 30.6 Å². The average molecular weight is 302 g/mol. The molecule has 1 aliphatic rings. The van der Waals surface area contributed by atoms with E-state index in [-0.39, 0.29) is 11.9 Å². The Balaban J connectivity index is 1.77. The lowest BCUT2D eigenvalue weighted by atomic mass is 10.1. The maximum absolute atomic E-state index is 12.7. The molecule has 22 heavy (non-hydrogen) atoms. The number of nitrogens with zero attached hydrogens (tertiary/aromatic N) is 4. The Labute approximate surface area is 128 Å². The molecule has 0 N–H and O–H groups in total. The molecule has 1 fully saturated rings. The molecule has 2 aromatic rings. The topological polar surface area (TPSA) is 69.5 Å². The standard InChI is InChI=1S/C15H18N4O3/c1-21-13-7-11(8-14(9-13)22-2)15(20)18-6-3-12(10-18)19-16-4-5-17-19/h4-5,7-9,12H,3,6,10H2,1-2H3. The van der Waals surface area contributed by atoms with Gasteiger partial charge in [0.15, 0.2) is 0 Å².